The molecule has 0 bridgehead atoms. The average molecular weight is 258 g/mol. The first-order valence-electron chi connectivity index (χ1n) is 5.97. The Morgan fingerprint density at radius 1 is 1.16 bits per heavy atom. The van der Waals surface area contributed by atoms with E-state index in [2.05, 4.69) is 10.3 Å². The lowest BCUT2D eigenvalue weighted by atomic mass is 9.97. The third kappa shape index (κ3) is 1.43. The summed E-state index contributed by atoms with van der Waals surface area (Å²) < 4.78 is 10.6. The van der Waals surface area contributed by atoms with Crippen LogP contribution in [0.4, 0.5) is 0 Å². The Morgan fingerprint density at radius 2 is 1.95 bits per heavy atom. The first-order chi connectivity index (χ1) is 9.22. The number of nitrogens with one attached hydrogen (secondary N) is 2. The zero-order chi connectivity index (χ0) is 13.0. The summed E-state index contributed by atoms with van der Waals surface area (Å²) in [7, 11) is 0. The van der Waals surface area contributed by atoms with Crippen molar-refractivity contribution < 1.29 is 19.1 Å². The minimum atomic E-state index is -0.429. The smallest absolute Gasteiger partial charge is 0.234 e. The number of rotatable bonds is 1. The predicted molar refractivity (Wildman–Crippen MR) is 64.9 cm³/mol. The number of aromatic nitrogens is 1. The SMILES string of the molecule is O=C1CC(c2c[nH]c3cc4c(cc23)OCO4)C(=O)N1. The van der Waals surface area contributed by atoms with Gasteiger partial charge in [0, 0.05) is 29.6 Å². The van der Waals surface area contributed by atoms with Crippen LogP contribution >= 0.6 is 0 Å². The number of carbonyl (C=O) groups excluding carboxylic acids is 2. The number of hydrogen-bond donors (Lipinski definition) is 2. The standard InChI is InChI=1S/C13H10N2O4/c16-12-2-7(13(17)15-12)8-4-14-9-3-11-10(1-6(8)9)18-5-19-11/h1,3-4,7,14H,2,5H2,(H,15,16,17). The molecule has 0 spiro atoms. The third-order valence-corrected chi connectivity index (χ3v) is 3.55. The van der Waals surface area contributed by atoms with E-state index in [-0.39, 0.29) is 25.0 Å². The van der Waals surface area contributed by atoms with Gasteiger partial charge in [0.2, 0.25) is 18.6 Å². The second-order valence-corrected chi connectivity index (χ2v) is 4.66. The molecule has 0 radical (unpaired) electrons. The van der Waals surface area contributed by atoms with Crippen LogP contribution in [-0.2, 0) is 9.59 Å². The molecule has 1 aromatic heterocycles. The zero-order valence-electron chi connectivity index (χ0n) is 9.86. The van der Waals surface area contributed by atoms with Crippen molar-refractivity contribution in [2.45, 2.75) is 12.3 Å². The fourth-order valence-corrected chi connectivity index (χ4v) is 2.63. The molecule has 19 heavy (non-hydrogen) atoms. The summed E-state index contributed by atoms with van der Waals surface area (Å²) >= 11 is 0. The summed E-state index contributed by atoms with van der Waals surface area (Å²) in [5, 5.41) is 3.21. The Hall–Kier alpha value is -2.50. The van der Waals surface area contributed by atoms with Crippen molar-refractivity contribution in [3.05, 3.63) is 23.9 Å². The van der Waals surface area contributed by atoms with Crippen molar-refractivity contribution in [2.24, 2.45) is 0 Å². The number of fused-ring (bicyclic) bond motifs is 2. The number of hydrogen-bond acceptors (Lipinski definition) is 4. The van der Waals surface area contributed by atoms with Crippen LogP contribution in [0.1, 0.15) is 17.9 Å². The average Bonchev–Trinajstić information content (AvgIpc) is 3.04. The molecule has 1 fully saturated rings. The molecule has 6 nitrogen and oxygen atoms in total. The molecule has 4 rings (SSSR count). The molecular weight excluding hydrogens is 248 g/mol. The fraction of sp³-hybridized carbons (Fsp3) is 0.231. The van der Waals surface area contributed by atoms with E-state index in [1.165, 1.54) is 0 Å². The van der Waals surface area contributed by atoms with Gasteiger partial charge in [-0.2, -0.15) is 0 Å². The number of ether oxygens (including phenoxy) is 2. The van der Waals surface area contributed by atoms with Crippen LogP contribution in [0.2, 0.25) is 0 Å². The molecule has 96 valence electrons. The van der Waals surface area contributed by atoms with Crippen molar-refractivity contribution >= 4 is 22.7 Å². The van der Waals surface area contributed by atoms with Gasteiger partial charge < -0.3 is 14.5 Å². The van der Waals surface area contributed by atoms with Crippen molar-refractivity contribution in [1.29, 1.82) is 0 Å². The Labute approximate surface area is 107 Å². The van der Waals surface area contributed by atoms with Crippen LogP contribution in [0.3, 0.4) is 0 Å². The Bertz CT molecular complexity index is 719. The van der Waals surface area contributed by atoms with E-state index in [0.29, 0.717) is 11.5 Å². The largest absolute Gasteiger partial charge is 0.454 e. The Kier molecular flexibility index (Phi) is 1.92. The molecule has 3 heterocycles. The molecule has 2 aliphatic rings. The highest BCUT2D eigenvalue weighted by molar-refractivity contribution is 6.08. The molecule has 2 amide bonds. The van der Waals surface area contributed by atoms with Crippen LogP contribution in [-0.4, -0.2) is 23.6 Å². The van der Waals surface area contributed by atoms with Crippen LogP contribution in [0.25, 0.3) is 10.9 Å². The second-order valence-electron chi connectivity index (χ2n) is 4.66. The summed E-state index contributed by atoms with van der Waals surface area (Å²) in [5.41, 5.74) is 1.68. The maximum absolute atomic E-state index is 11.8. The first-order valence-corrected chi connectivity index (χ1v) is 5.97. The molecule has 1 unspecified atom stereocenters. The van der Waals surface area contributed by atoms with Crippen LogP contribution < -0.4 is 14.8 Å². The molecule has 1 atom stereocenters. The highest BCUT2D eigenvalue weighted by Crippen LogP contribution is 2.39. The van der Waals surface area contributed by atoms with Gasteiger partial charge in [0.1, 0.15) is 0 Å². The van der Waals surface area contributed by atoms with E-state index in [9.17, 15) is 9.59 Å². The topological polar surface area (TPSA) is 80.4 Å². The molecule has 2 aromatic rings. The van der Waals surface area contributed by atoms with Crippen molar-refractivity contribution in [3.63, 3.8) is 0 Å². The quantitative estimate of drug-likeness (QED) is 0.748. The maximum atomic E-state index is 11.8. The minimum absolute atomic E-state index is 0.195. The fourth-order valence-electron chi connectivity index (χ4n) is 2.63. The molecule has 1 saturated heterocycles. The van der Waals surface area contributed by atoms with Crippen LogP contribution in [0.15, 0.2) is 18.3 Å². The third-order valence-electron chi connectivity index (χ3n) is 3.55. The van der Waals surface area contributed by atoms with Crippen molar-refractivity contribution in [1.82, 2.24) is 10.3 Å². The summed E-state index contributed by atoms with van der Waals surface area (Å²) in [6.07, 6.45) is 1.96. The number of carbonyl (C=O) groups is 2. The second kappa shape index (κ2) is 3.50. The summed E-state index contributed by atoms with van der Waals surface area (Å²) in [6, 6.07) is 3.69. The Morgan fingerprint density at radius 3 is 2.68 bits per heavy atom. The highest BCUT2D eigenvalue weighted by atomic mass is 16.7. The number of aromatic amines is 1. The Balaban J connectivity index is 1.87. The van der Waals surface area contributed by atoms with E-state index in [0.717, 1.165) is 16.5 Å². The molecule has 1 aromatic carbocycles. The van der Waals surface area contributed by atoms with E-state index in [4.69, 9.17) is 9.47 Å². The van der Waals surface area contributed by atoms with E-state index < -0.39 is 5.92 Å². The van der Waals surface area contributed by atoms with Gasteiger partial charge in [-0.25, -0.2) is 0 Å². The number of imide groups is 1. The maximum Gasteiger partial charge on any atom is 0.234 e. The lowest BCUT2D eigenvalue weighted by molar-refractivity contribution is -0.125. The van der Waals surface area contributed by atoms with Gasteiger partial charge in [0.15, 0.2) is 11.5 Å². The zero-order valence-corrected chi connectivity index (χ0v) is 9.86. The van der Waals surface area contributed by atoms with Crippen molar-refractivity contribution in [2.75, 3.05) is 6.79 Å². The molecule has 6 heteroatoms. The summed E-state index contributed by atoms with van der Waals surface area (Å²) in [4.78, 5) is 26.2. The molecule has 0 aliphatic carbocycles. The summed E-state index contributed by atoms with van der Waals surface area (Å²) in [6.45, 7) is 0.208. The summed E-state index contributed by atoms with van der Waals surface area (Å²) in [5.74, 6) is 0.446. The molecule has 0 saturated carbocycles. The molecular formula is C13H10N2O4. The lowest BCUT2D eigenvalue weighted by Gasteiger charge is -2.04. The van der Waals surface area contributed by atoms with Gasteiger partial charge in [-0.3, -0.25) is 14.9 Å². The molecule has 2 N–H and O–H groups in total. The monoisotopic (exact) mass is 258 g/mol. The lowest BCUT2D eigenvalue weighted by Crippen LogP contribution is -2.21. The van der Waals surface area contributed by atoms with Gasteiger partial charge in [-0.05, 0) is 11.6 Å². The van der Waals surface area contributed by atoms with E-state index in [1.54, 1.807) is 6.20 Å². The number of benzene rings is 1. The normalized spacial score (nSPS) is 21.2. The van der Waals surface area contributed by atoms with Gasteiger partial charge in [-0.15, -0.1) is 0 Å². The first kappa shape index (κ1) is 10.4. The predicted octanol–water partition coefficient (Wildman–Crippen LogP) is 1.03. The van der Waals surface area contributed by atoms with Crippen LogP contribution in [0, 0.1) is 0 Å². The van der Waals surface area contributed by atoms with Gasteiger partial charge in [-0.1, -0.05) is 0 Å². The minimum Gasteiger partial charge on any atom is -0.454 e. The van der Waals surface area contributed by atoms with Gasteiger partial charge in [0.05, 0.1) is 5.92 Å². The number of amides is 2. The van der Waals surface area contributed by atoms with E-state index in [1.807, 2.05) is 12.1 Å². The highest BCUT2D eigenvalue weighted by Gasteiger charge is 2.33. The van der Waals surface area contributed by atoms with Gasteiger partial charge in [0.25, 0.3) is 0 Å². The number of H-pyrrole nitrogens is 1. The van der Waals surface area contributed by atoms with Crippen molar-refractivity contribution in [3.8, 4) is 11.5 Å². The van der Waals surface area contributed by atoms with Crippen LogP contribution in [0.5, 0.6) is 11.5 Å². The van der Waals surface area contributed by atoms with E-state index >= 15 is 0 Å². The molecule has 2 aliphatic heterocycles. The van der Waals surface area contributed by atoms with Gasteiger partial charge >= 0.3 is 0 Å².